The molecule has 1 fully saturated rings. The average Bonchev–Trinajstić information content (AvgIpc) is 3.00. The molecule has 2 aliphatic heterocycles. The Kier molecular flexibility index (Phi) is 4.81. The van der Waals surface area contributed by atoms with Crippen LogP contribution in [0.15, 0.2) is 66.7 Å². The van der Waals surface area contributed by atoms with Gasteiger partial charge in [0.15, 0.2) is 0 Å². The summed E-state index contributed by atoms with van der Waals surface area (Å²) >= 11 is 12.3. The molecule has 3 nitrogen and oxygen atoms in total. The molecule has 2 aliphatic rings. The third kappa shape index (κ3) is 2.94. The second-order valence-corrected chi connectivity index (χ2v) is 8.72. The summed E-state index contributed by atoms with van der Waals surface area (Å²) in [6.45, 7) is 0.701. The van der Waals surface area contributed by atoms with Crippen LogP contribution in [0.3, 0.4) is 0 Å². The molecule has 152 valence electrons. The monoisotopic (exact) mass is 440 g/mol. The van der Waals surface area contributed by atoms with Gasteiger partial charge in [-0.05, 0) is 66.1 Å². The van der Waals surface area contributed by atoms with Gasteiger partial charge in [-0.3, -0.25) is 4.79 Å². The van der Waals surface area contributed by atoms with Gasteiger partial charge in [-0.2, -0.15) is 0 Å². The minimum absolute atomic E-state index is 0.110. The molecule has 3 aromatic rings. The number of carbonyl (C=O) groups is 1. The molecular formula is C24H19Cl2FN2O. The third-order valence-electron chi connectivity index (χ3n) is 6.29. The molecule has 3 atom stereocenters. The molecule has 6 heteroatoms. The highest BCUT2D eigenvalue weighted by Crippen LogP contribution is 2.57. The van der Waals surface area contributed by atoms with Crippen LogP contribution in [0.5, 0.6) is 0 Å². The first-order chi connectivity index (χ1) is 14.5. The van der Waals surface area contributed by atoms with Gasteiger partial charge in [-0.1, -0.05) is 53.5 Å². The Labute approximate surface area is 184 Å². The minimum Gasteiger partial charge on any atom is -0.325 e. The van der Waals surface area contributed by atoms with E-state index in [2.05, 4.69) is 10.6 Å². The zero-order valence-electron chi connectivity index (χ0n) is 16.0. The maximum Gasteiger partial charge on any atom is 0.237 e. The molecule has 1 amide bonds. The first-order valence-corrected chi connectivity index (χ1v) is 10.6. The molecule has 0 bridgehead atoms. The van der Waals surface area contributed by atoms with Gasteiger partial charge >= 0.3 is 0 Å². The summed E-state index contributed by atoms with van der Waals surface area (Å²) in [6.07, 6.45) is 0.753. The van der Waals surface area contributed by atoms with Gasteiger partial charge in [-0.25, -0.2) is 4.39 Å². The van der Waals surface area contributed by atoms with Gasteiger partial charge in [0.1, 0.15) is 11.2 Å². The van der Waals surface area contributed by atoms with Crippen LogP contribution in [0.4, 0.5) is 10.1 Å². The number of nitrogens with one attached hydrogen (secondary N) is 2. The average molecular weight is 441 g/mol. The van der Waals surface area contributed by atoms with E-state index in [0.29, 0.717) is 22.3 Å². The quantitative estimate of drug-likeness (QED) is 0.525. The van der Waals surface area contributed by atoms with Crippen molar-refractivity contribution in [3.63, 3.8) is 0 Å². The largest absolute Gasteiger partial charge is 0.325 e. The Bertz CT molecular complexity index is 1130. The van der Waals surface area contributed by atoms with Crippen LogP contribution in [0.25, 0.3) is 0 Å². The zero-order valence-corrected chi connectivity index (χ0v) is 17.5. The summed E-state index contributed by atoms with van der Waals surface area (Å²) in [6, 6.07) is 19.2. The Morgan fingerprint density at radius 2 is 1.70 bits per heavy atom. The van der Waals surface area contributed by atoms with Crippen LogP contribution >= 0.6 is 23.2 Å². The number of hydrogen-bond acceptors (Lipinski definition) is 2. The van der Waals surface area contributed by atoms with Gasteiger partial charge in [0.2, 0.25) is 5.91 Å². The fourth-order valence-corrected chi connectivity index (χ4v) is 5.41. The minimum atomic E-state index is -0.945. The maximum atomic E-state index is 14.1. The number of carbonyl (C=O) groups excluding carboxylic acids is 1. The highest BCUT2D eigenvalue weighted by molar-refractivity contribution is 6.31. The Morgan fingerprint density at radius 1 is 0.933 bits per heavy atom. The predicted octanol–water partition coefficient (Wildman–Crippen LogP) is 5.84. The molecule has 1 saturated heterocycles. The van der Waals surface area contributed by atoms with E-state index in [-0.39, 0.29) is 17.6 Å². The summed E-state index contributed by atoms with van der Waals surface area (Å²) in [4.78, 5) is 13.7. The lowest BCUT2D eigenvalue weighted by Gasteiger charge is -2.47. The second-order valence-electron chi connectivity index (χ2n) is 7.85. The summed E-state index contributed by atoms with van der Waals surface area (Å²) in [5.41, 5.74) is 2.40. The lowest BCUT2D eigenvalue weighted by Crippen LogP contribution is -2.55. The highest BCUT2D eigenvalue weighted by Gasteiger charge is 2.59. The highest BCUT2D eigenvalue weighted by atomic mass is 35.5. The van der Waals surface area contributed by atoms with Crippen LogP contribution in [-0.2, 0) is 10.2 Å². The number of halogens is 3. The number of rotatable bonds is 2. The molecule has 5 rings (SSSR count). The summed E-state index contributed by atoms with van der Waals surface area (Å²) < 4.78 is 14.1. The van der Waals surface area contributed by atoms with Crippen LogP contribution in [0, 0.1) is 5.82 Å². The zero-order chi connectivity index (χ0) is 20.9. The Morgan fingerprint density at radius 3 is 2.47 bits per heavy atom. The molecule has 0 unspecified atom stereocenters. The normalized spacial score (nSPS) is 25.2. The van der Waals surface area contributed by atoms with Crippen molar-refractivity contribution in [3.8, 4) is 0 Å². The third-order valence-corrected chi connectivity index (χ3v) is 6.78. The first kappa shape index (κ1) is 19.6. The van der Waals surface area contributed by atoms with Crippen molar-refractivity contribution in [2.24, 2.45) is 0 Å². The summed E-state index contributed by atoms with van der Waals surface area (Å²) in [7, 11) is 0. The number of piperidine rings is 1. The topological polar surface area (TPSA) is 41.1 Å². The van der Waals surface area contributed by atoms with E-state index in [0.717, 1.165) is 23.1 Å². The molecule has 30 heavy (non-hydrogen) atoms. The lowest BCUT2D eigenvalue weighted by molar-refractivity contribution is -0.123. The van der Waals surface area contributed by atoms with Gasteiger partial charge in [0, 0.05) is 21.7 Å². The van der Waals surface area contributed by atoms with E-state index < -0.39 is 11.5 Å². The smallest absolute Gasteiger partial charge is 0.237 e. The molecule has 0 radical (unpaired) electrons. The van der Waals surface area contributed by atoms with Crippen molar-refractivity contribution >= 4 is 34.8 Å². The van der Waals surface area contributed by atoms with Crippen molar-refractivity contribution < 1.29 is 9.18 Å². The molecule has 0 aliphatic carbocycles. The van der Waals surface area contributed by atoms with Crippen molar-refractivity contribution in [1.82, 2.24) is 5.32 Å². The van der Waals surface area contributed by atoms with Gasteiger partial charge in [-0.15, -0.1) is 0 Å². The van der Waals surface area contributed by atoms with E-state index in [1.807, 2.05) is 36.4 Å². The van der Waals surface area contributed by atoms with Crippen molar-refractivity contribution in [2.75, 3.05) is 11.9 Å². The number of fused-ring (bicyclic) bond motifs is 2. The summed E-state index contributed by atoms with van der Waals surface area (Å²) in [5, 5.41) is 7.75. The Balaban J connectivity index is 1.77. The second kappa shape index (κ2) is 7.38. The number of amides is 1. The lowest BCUT2D eigenvalue weighted by atomic mass is 9.59. The van der Waals surface area contributed by atoms with Gasteiger partial charge in [0.05, 0.1) is 6.04 Å². The number of hydrogen-bond donors (Lipinski definition) is 2. The predicted molar refractivity (Wildman–Crippen MR) is 118 cm³/mol. The summed E-state index contributed by atoms with van der Waals surface area (Å²) in [5.74, 6) is -0.555. The number of anilines is 1. The Hall–Kier alpha value is -2.40. The van der Waals surface area contributed by atoms with Crippen LogP contribution in [-0.4, -0.2) is 12.5 Å². The van der Waals surface area contributed by atoms with Crippen molar-refractivity contribution in [3.05, 3.63) is 99.3 Å². The SMILES string of the molecule is O=C1Nc2cc(Cl)ccc2[C@]12[C@@H](c1ccc(Cl)cc1)CCN[C@H]2c1cccc(F)c1. The number of benzene rings is 3. The molecule has 2 heterocycles. The molecule has 0 saturated carbocycles. The van der Waals surface area contributed by atoms with Crippen LogP contribution < -0.4 is 10.6 Å². The maximum absolute atomic E-state index is 14.1. The molecule has 1 spiro atoms. The molecular weight excluding hydrogens is 422 g/mol. The fraction of sp³-hybridized carbons (Fsp3) is 0.208. The van der Waals surface area contributed by atoms with E-state index >= 15 is 0 Å². The van der Waals surface area contributed by atoms with E-state index in [4.69, 9.17) is 23.2 Å². The molecule has 0 aromatic heterocycles. The van der Waals surface area contributed by atoms with Crippen molar-refractivity contribution in [1.29, 1.82) is 0 Å². The van der Waals surface area contributed by atoms with Crippen molar-refractivity contribution in [2.45, 2.75) is 23.8 Å². The first-order valence-electron chi connectivity index (χ1n) is 9.86. The van der Waals surface area contributed by atoms with E-state index in [1.165, 1.54) is 12.1 Å². The molecule has 3 aromatic carbocycles. The van der Waals surface area contributed by atoms with Crippen LogP contribution in [0.1, 0.15) is 35.1 Å². The standard InChI is InChI=1S/C24H19Cl2FN2O/c25-16-6-4-14(5-7-16)19-10-11-28-22(15-2-1-3-18(27)12-15)24(19)20-9-8-17(26)13-21(20)29-23(24)30/h1-9,12-13,19,22,28H,10-11H2,(H,29,30)/t19-,22+,24+/m1/s1. The van der Waals surface area contributed by atoms with Gasteiger partial charge in [0.25, 0.3) is 0 Å². The fourth-order valence-electron chi connectivity index (χ4n) is 5.11. The van der Waals surface area contributed by atoms with Crippen LogP contribution in [0.2, 0.25) is 10.0 Å². The molecule has 2 N–H and O–H groups in total. The van der Waals surface area contributed by atoms with E-state index in [1.54, 1.807) is 18.2 Å². The van der Waals surface area contributed by atoms with Gasteiger partial charge < -0.3 is 10.6 Å². The van der Waals surface area contributed by atoms with E-state index in [9.17, 15) is 9.18 Å².